The van der Waals surface area contributed by atoms with Crippen LogP contribution < -0.4 is 0 Å². The van der Waals surface area contributed by atoms with E-state index in [1.54, 1.807) is 0 Å². The lowest BCUT2D eigenvalue weighted by Crippen LogP contribution is -2.14. The number of hydrogen-bond acceptors (Lipinski definition) is 3. The minimum Gasteiger partial charge on any atom is -0.386 e. The standard InChI is InChI=1S/C22H20N2O3/c1-13-19(15-9-5-7-11-17(15)23(13)3)21(25)27-22(26)20-14(2)24(4)18-12-8-6-10-16(18)20/h5-12H,1-4H3. The first kappa shape index (κ1) is 17.1. The van der Waals surface area contributed by atoms with E-state index >= 15 is 0 Å². The molecular weight excluding hydrogens is 340 g/mol. The van der Waals surface area contributed by atoms with Gasteiger partial charge < -0.3 is 13.9 Å². The molecule has 2 heterocycles. The summed E-state index contributed by atoms with van der Waals surface area (Å²) in [5.74, 6) is -1.25. The number of carbonyl (C=O) groups excluding carboxylic acids is 2. The molecule has 4 aromatic rings. The highest BCUT2D eigenvalue weighted by molar-refractivity contribution is 6.14. The molecule has 0 spiro atoms. The topological polar surface area (TPSA) is 53.2 Å². The lowest BCUT2D eigenvalue weighted by molar-refractivity contribution is 0.0399. The number of para-hydroxylation sites is 2. The monoisotopic (exact) mass is 360 g/mol. The third-order valence-electron chi connectivity index (χ3n) is 5.39. The van der Waals surface area contributed by atoms with Gasteiger partial charge in [-0.2, -0.15) is 0 Å². The minimum atomic E-state index is -0.623. The SMILES string of the molecule is Cc1c(C(=O)OC(=O)c2c(C)n(C)c3ccccc23)c2ccccc2n1C. The summed E-state index contributed by atoms with van der Waals surface area (Å²) in [6, 6.07) is 15.2. The zero-order valence-electron chi connectivity index (χ0n) is 15.7. The van der Waals surface area contributed by atoms with Gasteiger partial charge in [-0.05, 0) is 26.0 Å². The lowest BCUT2D eigenvalue weighted by atomic mass is 10.1. The summed E-state index contributed by atoms with van der Waals surface area (Å²) in [4.78, 5) is 25.7. The van der Waals surface area contributed by atoms with E-state index in [2.05, 4.69) is 0 Å². The van der Waals surface area contributed by atoms with E-state index in [4.69, 9.17) is 4.74 Å². The Labute approximate surface area is 156 Å². The Hall–Kier alpha value is -3.34. The summed E-state index contributed by atoms with van der Waals surface area (Å²) in [6.07, 6.45) is 0. The van der Waals surface area contributed by atoms with Gasteiger partial charge >= 0.3 is 11.9 Å². The molecule has 5 heteroatoms. The molecular formula is C22H20N2O3. The molecule has 0 radical (unpaired) electrons. The van der Waals surface area contributed by atoms with Crippen LogP contribution in [0, 0.1) is 13.8 Å². The van der Waals surface area contributed by atoms with Gasteiger partial charge in [-0.3, -0.25) is 0 Å². The van der Waals surface area contributed by atoms with Crippen LogP contribution in [0.25, 0.3) is 21.8 Å². The molecule has 0 aliphatic rings. The molecule has 0 saturated heterocycles. The zero-order chi connectivity index (χ0) is 19.3. The Kier molecular flexibility index (Phi) is 3.88. The van der Waals surface area contributed by atoms with Crippen molar-refractivity contribution in [3.63, 3.8) is 0 Å². The van der Waals surface area contributed by atoms with Gasteiger partial charge in [0.05, 0.1) is 11.1 Å². The fraction of sp³-hybridized carbons (Fsp3) is 0.182. The van der Waals surface area contributed by atoms with Crippen LogP contribution in [-0.4, -0.2) is 21.1 Å². The van der Waals surface area contributed by atoms with Gasteiger partial charge in [-0.25, -0.2) is 9.59 Å². The van der Waals surface area contributed by atoms with Crippen molar-refractivity contribution in [1.29, 1.82) is 0 Å². The van der Waals surface area contributed by atoms with Crippen LogP contribution in [0.2, 0.25) is 0 Å². The van der Waals surface area contributed by atoms with Gasteiger partial charge in [-0.15, -0.1) is 0 Å². The smallest absolute Gasteiger partial charge is 0.348 e. The summed E-state index contributed by atoms with van der Waals surface area (Å²) >= 11 is 0. The molecule has 136 valence electrons. The maximum absolute atomic E-state index is 12.9. The molecule has 2 aromatic heterocycles. The molecule has 0 aliphatic heterocycles. The molecule has 0 atom stereocenters. The predicted molar refractivity (Wildman–Crippen MR) is 105 cm³/mol. The van der Waals surface area contributed by atoms with Crippen molar-refractivity contribution < 1.29 is 14.3 Å². The predicted octanol–water partition coefficient (Wildman–Crippen LogP) is 4.28. The number of nitrogens with zero attached hydrogens (tertiary/aromatic N) is 2. The number of ether oxygens (including phenoxy) is 1. The van der Waals surface area contributed by atoms with Crippen LogP contribution in [0.3, 0.4) is 0 Å². The third-order valence-corrected chi connectivity index (χ3v) is 5.39. The normalized spacial score (nSPS) is 11.3. The van der Waals surface area contributed by atoms with Crippen LogP contribution in [0.15, 0.2) is 48.5 Å². The van der Waals surface area contributed by atoms with Crippen molar-refractivity contribution in [2.45, 2.75) is 13.8 Å². The van der Waals surface area contributed by atoms with E-state index in [-0.39, 0.29) is 0 Å². The maximum Gasteiger partial charge on any atom is 0.348 e. The first-order valence-corrected chi connectivity index (χ1v) is 8.76. The number of benzene rings is 2. The molecule has 0 fully saturated rings. The van der Waals surface area contributed by atoms with E-state index in [0.29, 0.717) is 11.1 Å². The van der Waals surface area contributed by atoms with E-state index in [0.717, 1.165) is 33.2 Å². The van der Waals surface area contributed by atoms with Crippen LogP contribution >= 0.6 is 0 Å². The van der Waals surface area contributed by atoms with Crippen molar-refractivity contribution >= 4 is 33.7 Å². The summed E-state index contributed by atoms with van der Waals surface area (Å²) in [5.41, 5.74) is 4.25. The molecule has 0 aliphatic carbocycles. The molecule has 0 bridgehead atoms. The van der Waals surface area contributed by atoms with Crippen LogP contribution in [0.1, 0.15) is 32.1 Å². The molecule has 0 saturated carbocycles. The van der Waals surface area contributed by atoms with Crippen molar-refractivity contribution in [2.24, 2.45) is 14.1 Å². The maximum atomic E-state index is 12.9. The fourth-order valence-corrected chi connectivity index (χ4v) is 3.74. The number of aryl methyl sites for hydroxylation is 2. The Morgan fingerprint density at radius 3 is 1.48 bits per heavy atom. The van der Waals surface area contributed by atoms with Crippen molar-refractivity contribution in [2.75, 3.05) is 0 Å². The number of rotatable bonds is 2. The van der Waals surface area contributed by atoms with Gasteiger partial charge in [0, 0.05) is 47.3 Å². The summed E-state index contributed by atoms with van der Waals surface area (Å²) in [5, 5.41) is 1.56. The molecule has 0 amide bonds. The average Bonchev–Trinajstić information content (AvgIpc) is 3.07. The first-order valence-electron chi connectivity index (χ1n) is 8.76. The lowest BCUT2D eigenvalue weighted by Gasteiger charge is -2.05. The minimum absolute atomic E-state index is 0.430. The average molecular weight is 360 g/mol. The van der Waals surface area contributed by atoms with Crippen LogP contribution in [0.4, 0.5) is 0 Å². The van der Waals surface area contributed by atoms with Crippen molar-refractivity contribution in [3.8, 4) is 0 Å². The highest BCUT2D eigenvalue weighted by Gasteiger charge is 2.26. The highest BCUT2D eigenvalue weighted by Crippen LogP contribution is 2.28. The highest BCUT2D eigenvalue weighted by atomic mass is 16.6. The fourth-order valence-electron chi connectivity index (χ4n) is 3.74. The number of carbonyl (C=O) groups is 2. The summed E-state index contributed by atoms with van der Waals surface area (Å²) in [6.45, 7) is 3.70. The Morgan fingerprint density at radius 1 is 0.704 bits per heavy atom. The second kappa shape index (κ2) is 6.13. The number of fused-ring (bicyclic) bond motifs is 2. The second-order valence-electron chi connectivity index (χ2n) is 6.75. The Morgan fingerprint density at radius 2 is 1.07 bits per heavy atom. The molecule has 5 nitrogen and oxygen atoms in total. The second-order valence-corrected chi connectivity index (χ2v) is 6.75. The van der Waals surface area contributed by atoms with Crippen LogP contribution in [0.5, 0.6) is 0 Å². The molecule has 2 aromatic carbocycles. The number of aromatic nitrogens is 2. The Balaban J connectivity index is 1.76. The zero-order valence-corrected chi connectivity index (χ0v) is 15.7. The van der Waals surface area contributed by atoms with E-state index in [1.165, 1.54) is 0 Å². The van der Waals surface area contributed by atoms with Crippen LogP contribution in [-0.2, 0) is 18.8 Å². The Bertz CT molecular complexity index is 1130. The van der Waals surface area contributed by atoms with Crippen molar-refractivity contribution in [1.82, 2.24) is 9.13 Å². The molecule has 4 rings (SSSR count). The van der Waals surface area contributed by atoms with Gasteiger partial charge in [0.1, 0.15) is 0 Å². The van der Waals surface area contributed by atoms with Crippen molar-refractivity contribution in [3.05, 3.63) is 71.0 Å². The van der Waals surface area contributed by atoms with E-state index in [1.807, 2.05) is 85.6 Å². The molecule has 0 unspecified atom stereocenters. The van der Waals surface area contributed by atoms with Gasteiger partial charge in [-0.1, -0.05) is 36.4 Å². The van der Waals surface area contributed by atoms with Gasteiger partial charge in [0.25, 0.3) is 0 Å². The molecule has 27 heavy (non-hydrogen) atoms. The molecule has 0 N–H and O–H groups in total. The van der Waals surface area contributed by atoms with E-state index < -0.39 is 11.9 Å². The van der Waals surface area contributed by atoms with Gasteiger partial charge in [0.15, 0.2) is 0 Å². The van der Waals surface area contributed by atoms with E-state index in [9.17, 15) is 9.59 Å². The number of esters is 2. The largest absolute Gasteiger partial charge is 0.386 e. The van der Waals surface area contributed by atoms with Gasteiger partial charge in [0.2, 0.25) is 0 Å². The quantitative estimate of drug-likeness (QED) is 0.396. The number of hydrogen-bond donors (Lipinski definition) is 0. The summed E-state index contributed by atoms with van der Waals surface area (Å²) < 4.78 is 9.18. The first-order chi connectivity index (χ1) is 12.9. The third kappa shape index (κ3) is 2.46. The summed E-state index contributed by atoms with van der Waals surface area (Å²) in [7, 11) is 3.79.